The Labute approximate surface area is 144 Å². The lowest BCUT2D eigenvalue weighted by Crippen LogP contribution is -2.34. The third kappa shape index (κ3) is 3.26. The van der Waals surface area contributed by atoms with E-state index < -0.39 is 0 Å². The van der Waals surface area contributed by atoms with Crippen LogP contribution in [0, 0.1) is 5.92 Å². The van der Waals surface area contributed by atoms with Gasteiger partial charge >= 0.3 is 0 Å². The summed E-state index contributed by atoms with van der Waals surface area (Å²) in [4.78, 5) is 29.3. The molecule has 23 heavy (non-hydrogen) atoms. The molecule has 1 aromatic heterocycles. The first kappa shape index (κ1) is 16.0. The van der Waals surface area contributed by atoms with Gasteiger partial charge in [0.1, 0.15) is 0 Å². The molecule has 3 nitrogen and oxygen atoms in total. The number of carbonyl (C=O) groups excluding carboxylic acids is 2. The summed E-state index contributed by atoms with van der Waals surface area (Å²) in [5.74, 6) is -0.112. The van der Waals surface area contributed by atoms with Crippen LogP contribution in [0.2, 0.25) is 0 Å². The number of hydrogen-bond acceptors (Lipinski definition) is 4. The van der Waals surface area contributed by atoms with E-state index in [1.165, 1.54) is 28.0 Å². The van der Waals surface area contributed by atoms with Gasteiger partial charge < -0.3 is 0 Å². The molecule has 2 heterocycles. The molecule has 3 rings (SSSR count). The number of hydrogen-bond donors (Lipinski definition) is 0. The van der Waals surface area contributed by atoms with Crippen LogP contribution in [0.4, 0.5) is 0 Å². The Balaban J connectivity index is 2.02. The molecule has 1 aliphatic heterocycles. The molecule has 0 unspecified atom stereocenters. The summed E-state index contributed by atoms with van der Waals surface area (Å²) in [7, 11) is 0. The van der Waals surface area contributed by atoms with Gasteiger partial charge in [-0.05, 0) is 29.5 Å². The maximum absolute atomic E-state index is 12.8. The Bertz CT molecular complexity index is 749. The highest BCUT2D eigenvalue weighted by Gasteiger charge is 2.39. The van der Waals surface area contributed by atoms with Gasteiger partial charge in [0.25, 0.3) is 11.8 Å². The zero-order valence-electron chi connectivity index (χ0n) is 13.0. The summed E-state index contributed by atoms with van der Waals surface area (Å²) < 4.78 is 0. The number of thiophene rings is 1. The largest absolute Gasteiger partial charge is 0.274 e. The lowest BCUT2D eigenvalue weighted by Gasteiger charge is -2.17. The van der Waals surface area contributed by atoms with Crippen molar-refractivity contribution in [2.24, 2.45) is 5.92 Å². The molecule has 0 aliphatic carbocycles. The molecule has 0 N–H and O–H groups in total. The minimum absolute atomic E-state index is 0.176. The average Bonchev–Trinajstić information content (AvgIpc) is 3.12. The summed E-state index contributed by atoms with van der Waals surface area (Å²) in [6.07, 6.45) is 0. The molecule has 1 aromatic carbocycles. The van der Waals surface area contributed by atoms with Crippen molar-refractivity contribution in [3.63, 3.8) is 0 Å². The zero-order valence-corrected chi connectivity index (χ0v) is 14.6. The predicted molar refractivity (Wildman–Crippen MR) is 95.1 cm³/mol. The fourth-order valence-corrected chi connectivity index (χ4v) is 4.28. The molecule has 1 aliphatic rings. The monoisotopic (exact) mass is 343 g/mol. The van der Waals surface area contributed by atoms with E-state index in [-0.39, 0.29) is 17.7 Å². The van der Waals surface area contributed by atoms with E-state index in [2.05, 4.69) is 0 Å². The molecule has 0 bridgehead atoms. The lowest BCUT2D eigenvalue weighted by molar-refractivity contribution is -0.137. The van der Waals surface area contributed by atoms with Crippen molar-refractivity contribution in [1.29, 1.82) is 0 Å². The van der Waals surface area contributed by atoms with Gasteiger partial charge in [-0.2, -0.15) is 0 Å². The molecular weight excluding hydrogens is 326 g/mol. The van der Waals surface area contributed by atoms with Gasteiger partial charge in [-0.25, -0.2) is 0 Å². The fourth-order valence-electron chi connectivity index (χ4n) is 2.42. The third-order valence-electron chi connectivity index (χ3n) is 3.40. The summed E-state index contributed by atoms with van der Waals surface area (Å²) in [5, 5.41) is 1.93. The molecule has 2 amide bonds. The van der Waals surface area contributed by atoms with E-state index in [9.17, 15) is 9.59 Å². The van der Waals surface area contributed by atoms with Crippen LogP contribution < -0.4 is 0 Å². The number of rotatable bonds is 5. The molecule has 0 atom stereocenters. The fraction of sp³-hybridized carbons (Fsp3) is 0.222. The molecule has 0 saturated carbocycles. The first-order chi connectivity index (χ1) is 11.1. The van der Waals surface area contributed by atoms with Gasteiger partial charge in [0.2, 0.25) is 0 Å². The third-order valence-corrected chi connectivity index (χ3v) is 5.38. The van der Waals surface area contributed by atoms with Gasteiger partial charge in [0.15, 0.2) is 0 Å². The lowest BCUT2D eigenvalue weighted by atomic mass is 10.2. The maximum Gasteiger partial charge on any atom is 0.268 e. The van der Waals surface area contributed by atoms with Crippen molar-refractivity contribution >= 4 is 40.5 Å². The maximum atomic E-state index is 12.8. The smallest absolute Gasteiger partial charge is 0.268 e. The van der Waals surface area contributed by atoms with Crippen LogP contribution in [0.3, 0.4) is 0 Å². The topological polar surface area (TPSA) is 37.4 Å². The molecule has 2 aromatic rings. The van der Waals surface area contributed by atoms with E-state index in [4.69, 9.17) is 0 Å². The van der Waals surface area contributed by atoms with Crippen molar-refractivity contribution < 1.29 is 9.59 Å². The van der Waals surface area contributed by atoms with Crippen molar-refractivity contribution in [2.75, 3.05) is 6.54 Å². The van der Waals surface area contributed by atoms with Crippen LogP contribution in [-0.2, 0) is 9.59 Å². The molecular formula is C18H17NO2S2. The Kier molecular flexibility index (Phi) is 4.68. The average molecular weight is 343 g/mol. The second-order valence-corrected chi connectivity index (χ2v) is 7.74. The quantitative estimate of drug-likeness (QED) is 0.761. The summed E-state index contributed by atoms with van der Waals surface area (Å²) >= 11 is 2.86. The van der Waals surface area contributed by atoms with Crippen LogP contribution in [0.15, 0.2) is 57.6 Å². The SMILES string of the molecule is CC(C)CN1C(=O)C(Sc2ccccc2)=C(c2cccs2)C1=O. The molecule has 118 valence electrons. The highest BCUT2D eigenvalue weighted by Crippen LogP contribution is 2.40. The van der Waals surface area contributed by atoms with Crippen molar-refractivity contribution in [3.8, 4) is 0 Å². The van der Waals surface area contributed by atoms with Gasteiger partial charge in [0, 0.05) is 16.3 Å². The highest BCUT2D eigenvalue weighted by molar-refractivity contribution is 8.04. The van der Waals surface area contributed by atoms with E-state index >= 15 is 0 Å². The first-order valence-electron chi connectivity index (χ1n) is 7.45. The first-order valence-corrected chi connectivity index (χ1v) is 9.14. The number of nitrogens with zero attached hydrogens (tertiary/aromatic N) is 1. The minimum atomic E-state index is -0.180. The van der Waals surface area contributed by atoms with Gasteiger partial charge in [0.05, 0.1) is 10.5 Å². The second kappa shape index (κ2) is 6.72. The van der Waals surface area contributed by atoms with Crippen molar-refractivity contribution in [1.82, 2.24) is 4.90 Å². The van der Waals surface area contributed by atoms with Crippen LogP contribution in [0.25, 0.3) is 5.57 Å². The summed E-state index contributed by atoms with van der Waals surface area (Å²) in [5.41, 5.74) is 0.541. The molecule has 0 radical (unpaired) electrons. The molecule has 0 fully saturated rings. The Morgan fingerprint density at radius 3 is 2.39 bits per heavy atom. The predicted octanol–water partition coefficient (Wildman–Crippen LogP) is 4.28. The van der Waals surface area contributed by atoms with Crippen molar-refractivity contribution in [3.05, 3.63) is 57.6 Å². The van der Waals surface area contributed by atoms with Crippen LogP contribution >= 0.6 is 23.1 Å². The van der Waals surface area contributed by atoms with Gasteiger partial charge in [-0.3, -0.25) is 14.5 Å². The van der Waals surface area contributed by atoms with Crippen LogP contribution in [-0.4, -0.2) is 23.3 Å². The van der Waals surface area contributed by atoms with E-state index in [1.807, 2.05) is 61.7 Å². The second-order valence-electron chi connectivity index (χ2n) is 5.71. The van der Waals surface area contributed by atoms with Crippen LogP contribution in [0.5, 0.6) is 0 Å². The molecule has 0 saturated heterocycles. The minimum Gasteiger partial charge on any atom is -0.274 e. The number of benzene rings is 1. The number of thioether (sulfide) groups is 1. The van der Waals surface area contributed by atoms with Crippen LogP contribution in [0.1, 0.15) is 18.7 Å². The van der Waals surface area contributed by atoms with E-state index in [0.717, 1.165) is 9.77 Å². The van der Waals surface area contributed by atoms with E-state index in [1.54, 1.807) is 0 Å². The summed E-state index contributed by atoms with van der Waals surface area (Å²) in [6, 6.07) is 13.5. The van der Waals surface area contributed by atoms with Gasteiger partial charge in [-0.15, -0.1) is 11.3 Å². The molecule has 5 heteroatoms. The normalized spacial score (nSPS) is 15.2. The Hall–Kier alpha value is -1.85. The van der Waals surface area contributed by atoms with Crippen molar-refractivity contribution in [2.45, 2.75) is 18.7 Å². The highest BCUT2D eigenvalue weighted by atomic mass is 32.2. The summed E-state index contributed by atoms with van der Waals surface area (Å²) in [6.45, 7) is 4.47. The number of amides is 2. The van der Waals surface area contributed by atoms with Gasteiger partial charge in [-0.1, -0.05) is 49.9 Å². The number of carbonyl (C=O) groups is 2. The Morgan fingerprint density at radius 1 is 1.04 bits per heavy atom. The van der Waals surface area contributed by atoms with E-state index in [0.29, 0.717) is 17.0 Å². The zero-order chi connectivity index (χ0) is 16.4. The standard InChI is InChI=1S/C18H17NO2S2/c1-12(2)11-19-17(20)15(14-9-6-10-22-14)16(18(19)21)23-13-7-4-3-5-8-13/h3-10,12H,11H2,1-2H3. The number of imide groups is 1. The molecule has 0 spiro atoms. The Morgan fingerprint density at radius 2 is 1.78 bits per heavy atom.